The van der Waals surface area contributed by atoms with Gasteiger partial charge in [0, 0.05) is 39.0 Å². The molecule has 2 aromatic rings. The van der Waals surface area contributed by atoms with E-state index < -0.39 is 23.8 Å². The Bertz CT molecular complexity index is 1300. The lowest BCUT2D eigenvalue weighted by atomic mass is 10.1. The first kappa shape index (κ1) is 37.4. The van der Waals surface area contributed by atoms with Crippen LogP contribution in [-0.4, -0.2) is 84.8 Å². The van der Waals surface area contributed by atoms with E-state index in [1.807, 2.05) is 27.7 Å². The van der Waals surface area contributed by atoms with Crippen LogP contribution in [0.5, 0.6) is 0 Å². The summed E-state index contributed by atoms with van der Waals surface area (Å²) in [4.78, 5) is 81.4. The molecule has 4 amide bonds. The van der Waals surface area contributed by atoms with Gasteiger partial charge in [-0.3, -0.25) is 19.2 Å². The molecule has 2 rings (SSSR count). The minimum Gasteiger partial charge on any atom is -0.462 e. The second-order valence-electron chi connectivity index (χ2n) is 9.87. The standard InChI is InChI=1S/C31H44N4O8S2/c1-9-34(10-2)28(38)24-18(7)22(30(40)42-13-5)26(44-24)32-20(36)16-15-17-21(37)33-27-23(31(41)43-14-6)19(8)25(45-27)29(39)35(11-3)12-4/h9-17H2,1-8H3,(H,32,36)(H,33,37). The van der Waals surface area contributed by atoms with Gasteiger partial charge in [-0.2, -0.15) is 0 Å². The number of anilines is 2. The average molecular weight is 665 g/mol. The highest BCUT2D eigenvalue weighted by molar-refractivity contribution is 7.19. The van der Waals surface area contributed by atoms with Crippen LogP contribution in [0.15, 0.2) is 0 Å². The third-order valence-electron chi connectivity index (χ3n) is 7.06. The second kappa shape index (κ2) is 17.6. The molecule has 248 valence electrons. The molecule has 0 unspecified atom stereocenters. The zero-order valence-electron chi connectivity index (χ0n) is 27.3. The molecule has 0 aliphatic heterocycles. The Labute approximate surface area is 272 Å². The Morgan fingerprint density at radius 1 is 0.600 bits per heavy atom. The number of amides is 4. The molecule has 0 saturated heterocycles. The van der Waals surface area contributed by atoms with E-state index in [2.05, 4.69) is 10.6 Å². The average Bonchev–Trinajstić information content (AvgIpc) is 3.49. The lowest BCUT2D eigenvalue weighted by Gasteiger charge is -2.18. The molecule has 0 aromatic carbocycles. The first-order valence-electron chi connectivity index (χ1n) is 15.2. The predicted molar refractivity (Wildman–Crippen MR) is 176 cm³/mol. The van der Waals surface area contributed by atoms with Gasteiger partial charge in [-0.25, -0.2) is 9.59 Å². The number of carbonyl (C=O) groups is 6. The monoisotopic (exact) mass is 664 g/mol. The fraction of sp³-hybridized carbons (Fsp3) is 0.548. The van der Waals surface area contributed by atoms with Gasteiger partial charge >= 0.3 is 11.9 Å². The summed E-state index contributed by atoms with van der Waals surface area (Å²) in [5.41, 5.74) is 1.15. The molecule has 45 heavy (non-hydrogen) atoms. The van der Waals surface area contributed by atoms with Crippen LogP contribution in [0.25, 0.3) is 0 Å². The fourth-order valence-corrected chi connectivity index (χ4v) is 6.96. The van der Waals surface area contributed by atoms with Crippen molar-refractivity contribution in [3.8, 4) is 0 Å². The number of carbonyl (C=O) groups excluding carboxylic acids is 6. The Kier molecular flexibility index (Phi) is 14.7. The molecule has 2 N–H and O–H groups in total. The Balaban J connectivity index is 2.18. The molecule has 0 aliphatic carbocycles. The largest absolute Gasteiger partial charge is 0.462 e. The van der Waals surface area contributed by atoms with Crippen molar-refractivity contribution >= 4 is 68.2 Å². The summed E-state index contributed by atoms with van der Waals surface area (Å²) in [5.74, 6) is -2.63. The van der Waals surface area contributed by atoms with E-state index in [0.29, 0.717) is 47.1 Å². The maximum Gasteiger partial charge on any atom is 0.341 e. The maximum absolute atomic E-state index is 13.1. The molecule has 0 aliphatic rings. The number of nitrogens with zero attached hydrogens (tertiary/aromatic N) is 2. The molecule has 0 radical (unpaired) electrons. The van der Waals surface area contributed by atoms with Gasteiger partial charge in [0.15, 0.2) is 0 Å². The van der Waals surface area contributed by atoms with Crippen molar-refractivity contribution in [2.45, 2.75) is 74.7 Å². The van der Waals surface area contributed by atoms with Crippen LogP contribution in [0, 0.1) is 13.8 Å². The van der Waals surface area contributed by atoms with Crippen molar-refractivity contribution < 1.29 is 38.2 Å². The number of rotatable bonds is 16. The molecule has 12 nitrogen and oxygen atoms in total. The summed E-state index contributed by atoms with van der Waals surface area (Å²) in [5, 5.41) is 5.88. The molecular weight excluding hydrogens is 620 g/mol. The molecule has 0 saturated carbocycles. The number of thiophene rings is 2. The van der Waals surface area contributed by atoms with Crippen molar-refractivity contribution in [2.24, 2.45) is 0 Å². The second-order valence-corrected chi connectivity index (χ2v) is 11.9. The number of hydrogen-bond acceptors (Lipinski definition) is 10. The predicted octanol–water partition coefficient (Wildman–Crippen LogP) is 5.49. The van der Waals surface area contributed by atoms with Crippen LogP contribution in [-0.2, 0) is 19.1 Å². The van der Waals surface area contributed by atoms with E-state index in [4.69, 9.17) is 9.47 Å². The van der Waals surface area contributed by atoms with Crippen LogP contribution in [0.3, 0.4) is 0 Å². The molecule has 2 aromatic heterocycles. The first-order valence-corrected chi connectivity index (χ1v) is 16.8. The smallest absolute Gasteiger partial charge is 0.341 e. The normalized spacial score (nSPS) is 10.7. The van der Waals surface area contributed by atoms with Crippen LogP contribution in [0.2, 0.25) is 0 Å². The minimum atomic E-state index is -0.637. The fourth-order valence-electron chi connectivity index (χ4n) is 4.61. The highest BCUT2D eigenvalue weighted by Crippen LogP contribution is 2.36. The zero-order valence-corrected chi connectivity index (χ0v) is 29.0. The van der Waals surface area contributed by atoms with Crippen molar-refractivity contribution in [2.75, 3.05) is 50.0 Å². The highest BCUT2D eigenvalue weighted by Gasteiger charge is 2.30. The summed E-state index contributed by atoms with van der Waals surface area (Å²) in [7, 11) is 0. The number of ether oxygens (including phenoxy) is 2. The quantitative estimate of drug-likeness (QED) is 0.224. The Morgan fingerprint density at radius 2 is 0.933 bits per heavy atom. The molecule has 0 spiro atoms. The molecule has 2 heterocycles. The van der Waals surface area contributed by atoms with E-state index in [1.165, 1.54) is 0 Å². The van der Waals surface area contributed by atoms with E-state index >= 15 is 0 Å². The molecule has 14 heteroatoms. The van der Waals surface area contributed by atoms with Gasteiger partial charge in [0.05, 0.1) is 34.1 Å². The van der Waals surface area contributed by atoms with E-state index in [0.717, 1.165) is 22.7 Å². The van der Waals surface area contributed by atoms with Crippen LogP contribution in [0.4, 0.5) is 10.0 Å². The first-order chi connectivity index (χ1) is 21.4. The van der Waals surface area contributed by atoms with Gasteiger partial charge in [0.25, 0.3) is 11.8 Å². The summed E-state index contributed by atoms with van der Waals surface area (Å²) < 4.78 is 10.4. The molecule has 0 bridgehead atoms. The number of esters is 2. The molecule has 0 atom stereocenters. The topological polar surface area (TPSA) is 151 Å². The van der Waals surface area contributed by atoms with Crippen molar-refractivity contribution in [3.63, 3.8) is 0 Å². The van der Waals surface area contributed by atoms with Crippen molar-refractivity contribution in [1.82, 2.24) is 9.80 Å². The Hall–Kier alpha value is -3.78. The summed E-state index contributed by atoms with van der Waals surface area (Å²) in [6.07, 6.45) is 0.0596. The van der Waals surface area contributed by atoms with Crippen molar-refractivity contribution in [1.29, 1.82) is 0 Å². The number of hydrogen-bond donors (Lipinski definition) is 2. The molecule has 0 fully saturated rings. The van der Waals surface area contributed by atoms with Crippen LogP contribution in [0.1, 0.15) is 112 Å². The van der Waals surface area contributed by atoms with E-state index in [-0.39, 0.29) is 65.4 Å². The minimum absolute atomic E-state index is 0.0497. The lowest BCUT2D eigenvalue weighted by molar-refractivity contribution is -0.117. The van der Waals surface area contributed by atoms with Crippen molar-refractivity contribution in [3.05, 3.63) is 32.0 Å². The zero-order chi connectivity index (χ0) is 33.8. The van der Waals surface area contributed by atoms with Gasteiger partial charge < -0.3 is 29.9 Å². The van der Waals surface area contributed by atoms with Gasteiger partial charge in [-0.05, 0) is 72.9 Å². The van der Waals surface area contributed by atoms with Gasteiger partial charge in [0.2, 0.25) is 11.8 Å². The lowest BCUT2D eigenvalue weighted by Crippen LogP contribution is -2.30. The summed E-state index contributed by atoms with van der Waals surface area (Å²) in [6, 6.07) is 0. The number of nitrogens with one attached hydrogen (secondary N) is 2. The van der Waals surface area contributed by atoms with Crippen LogP contribution >= 0.6 is 22.7 Å². The molecular formula is C31H44N4O8S2. The summed E-state index contributed by atoms with van der Waals surface area (Å²) >= 11 is 2.04. The van der Waals surface area contributed by atoms with E-state index in [1.54, 1.807) is 37.5 Å². The summed E-state index contributed by atoms with van der Waals surface area (Å²) in [6.45, 7) is 16.3. The third-order valence-corrected chi connectivity index (χ3v) is 9.45. The highest BCUT2D eigenvalue weighted by atomic mass is 32.1. The maximum atomic E-state index is 13.1. The van der Waals surface area contributed by atoms with Gasteiger partial charge in [-0.15, -0.1) is 22.7 Å². The Morgan fingerprint density at radius 3 is 1.22 bits per heavy atom. The van der Waals surface area contributed by atoms with E-state index in [9.17, 15) is 28.8 Å². The van der Waals surface area contributed by atoms with Crippen LogP contribution < -0.4 is 10.6 Å². The SMILES string of the molecule is CCOC(=O)c1c(NC(=O)CCCC(=O)Nc2sc(C(=O)N(CC)CC)c(C)c2C(=O)OCC)sc(C(=O)N(CC)CC)c1C. The van der Waals surface area contributed by atoms with Gasteiger partial charge in [-0.1, -0.05) is 0 Å². The third kappa shape index (κ3) is 9.13. The van der Waals surface area contributed by atoms with Gasteiger partial charge in [0.1, 0.15) is 10.0 Å².